The van der Waals surface area contributed by atoms with Gasteiger partial charge in [-0.3, -0.25) is 4.79 Å². The minimum atomic E-state index is -0.238. The van der Waals surface area contributed by atoms with Gasteiger partial charge in [0.2, 0.25) is 0 Å². The highest BCUT2D eigenvalue weighted by Gasteiger charge is 2.30. The second-order valence-electron chi connectivity index (χ2n) is 6.47. The summed E-state index contributed by atoms with van der Waals surface area (Å²) in [5.74, 6) is 0.991. The van der Waals surface area contributed by atoms with Gasteiger partial charge in [0, 0.05) is 18.8 Å². The van der Waals surface area contributed by atoms with E-state index in [0.29, 0.717) is 24.0 Å². The molecule has 1 aliphatic rings. The highest BCUT2D eigenvalue weighted by Crippen LogP contribution is 2.23. The number of hydrogen-bond acceptors (Lipinski definition) is 4. The zero-order valence-corrected chi connectivity index (χ0v) is 13.4. The zero-order chi connectivity index (χ0) is 15.5. The summed E-state index contributed by atoms with van der Waals surface area (Å²) in [7, 11) is 0. The summed E-state index contributed by atoms with van der Waals surface area (Å²) in [6, 6.07) is 1.79. The van der Waals surface area contributed by atoms with Crippen LogP contribution in [0, 0.1) is 12.8 Å². The number of hydrogen-bond donors (Lipinski definition) is 1. The predicted octanol–water partition coefficient (Wildman–Crippen LogP) is 2.28. The molecule has 1 atom stereocenters. The minimum absolute atomic E-state index is 0.151. The molecule has 1 aromatic heterocycles. The highest BCUT2D eigenvalue weighted by atomic mass is 16.5. The van der Waals surface area contributed by atoms with Crippen LogP contribution < -0.4 is 5.32 Å². The third-order valence-corrected chi connectivity index (χ3v) is 3.66. The van der Waals surface area contributed by atoms with Gasteiger partial charge in [-0.2, -0.15) is 0 Å². The number of aromatic nitrogens is 2. The number of amides is 1. The Morgan fingerprint density at radius 1 is 1.48 bits per heavy atom. The first-order chi connectivity index (χ1) is 9.88. The molecular weight excluding hydrogens is 266 g/mol. The molecule has 0 unspecified atom stereocenters. The van der Waals surface area contributed by atoms with Crippen molar-refractivity contribution in [2.75, 3.05) is 13.2 Å². The third-order valence-electron chi connectivity index (χ3n) is 3.66. The van der Waals surface area contributed by atoms with Crippen LogP contribution >= 0.6 is 0 Å². The number of carbonyl (C=O) groups excluding carboxylic acids is 1. The topological polar surface area (TPSA) is 64.1 Å². The third kappa shape index (κ3) is 4.49. The smallest absolute Gasteiger partial charge is 0.270 e. The van der Waals surface area contributed by atoms with Crippen LogP contribution in [-0.4, -0.2) is 34.6 Å². The van der Waals surface area contributed by atoms with Gasteiger partial charge >= 0.3 is 0 Å². The Morgan fingerprint density at radius 2 is 2.24 bits per heavy atom. The molecule has 1 aromatic rings. The fourth-order valence-electron chi connectivity index (χ4n) is 2.60. The van der Waals surface area contributed by atoms with Gasteiger partial charge in [-0.05, 0) is 45.1 Å². The molecule has 1 amide bonds. The molecule has 1 N–H and O–H groups in total. The van der Waals surface area contributed by atoms with Crippen molar-refractivity contribution in [3.63, 3.8) is 0 Å². The van der Waals surface area contributed by atoms with Crippen molar-refractivity contribution in [3.8, 4) is 0 Å². The summed E-state index contributed by atoms with van der Waals surface area (Å²) in [5, 5.41) is 2.93. The van der Waals surface area contributed by atoms with E-state index in [1.807, 2.05) is 13.8 Å². The van der Waals surface area contributed by atoms with Crippen LogP contribution in [0.2, 0.25) is 0 Å². The molecule has 5 nitrogen and oxygen atoms in total. The number of aryl methyl sites for hydroxylation is 1. The van der Waals surface area contributed by atoms with E-state index in [0.717, 1.165) is 31.6 Å². The van der Waals surface area contributed by atoms with Gasteiger partial charge in [-0.15, -0.1) is 0 Å². The quantitative estimate of drug-likeness (QED) is 0.904. The zero-order valence-electron chi connectivity index (χ0n) is 13.4. The predicted molar refractivity (Wildman–Crippen MR) is 81.2 cm³/mol. The van der Waals surface area contributed by atoms with Gasteiger partial charge in [0.05, 0.1) is 5.60 Å². The fourth-order valence-corrected chi connectivity index (χ4v) is 2.60. The molecule has 0 aromatic carbocycles. The maximum Gasteiger partial charge on any atom is 0.270 e. The van der Waals surface area contributed by atoms with Crippen LogP contribution in [0.5, 0.6) is 0 Å². The van der Waals surface area contributed by atoms with Gasteiger partial charge in [0.1, 0.15) is 11.5 Å². The lowest BCUT2D eigenvalue weighted by atomic mass is 10.0. The first-order valence-electron chi connectivity index (χ1n) is 7.65. The average Bonchev–Trinajstić information content (AvgIpc) is 2.82. The maximum atomic E-state index is 12.3. The number of carbonyl (C=O) groups is 1. The molecule has 2 rings (SSSR count). The monoisotopic (exact) mass is 291 g/mol. The van der Waals surface area contributed by atoms with Gasteiger partial charge in [0.15, 0.2) is 0 Å². The van der Waals surface area contributed by atoms with E-state index in [1.54, 1.807) is 6.07 Å². The van der Waals surface area contributed by atoms with E-state index in [2.05, 4.69) is 29.1 Å². The van der Waals surface area contributed by atoms with Crippen molar-refractivity contribution < 1.29 is 9.53 Å². The van der Waals surface area contributed by atoms with Crippen molar-refractivity contribution >= 4 is 5.91 Å². The van der Waals surface area contributed by atoms with Gasteiger partial charge < -0.3 is 10.1 Å². The molecule has 1 saturated heterocycles. The van der Waals surface area contributed by atoms with E-state index >= 15 is 0 Å². The van der Waals surface area contributed by atoms with Crippen molar-refractivity contribution in [1.82, 2.24) is 15.3 Å². The summed E-state index contributed by atoms with van der Waals surface area (Å²) in [5.41, 5.74) is 1.13. The SMILES string of the molecule is Cc1nc(CC(C)C)cc(C(=O)NC[C@]2(C)CCCO2)n1. The maximum absolute atomic E-state index is 12.3. The number of nitrogens with zero attached hydrogens (tertiary/aromatic N) is 2. The summed E-state index contributed by atoms with van der Waals surface area (Å²) < 4.78 is 5.68. The Kier molecular flexibility index (Phi) is 4.93. The normalized spacial score (nSPS) is 21.8. The number of nitrogens with one attached hydrogen (secondary N) is 1. The van der Waals surface area contributed by atoms with Gasteiger partial charge in [-0.25, -0.2) is 9.97 Å². The lowest BCUT2D eigenvalue weighted by Crippen LogP contribution is -2.40. The molecule has 1 aliphatic heterocycles. The molecule has 2 heterocycles. The Bertz CT molecular complexity index is 508. The van der Waals surface area contributed by atoms with Crippen molar-refractivity contribution in [1.29, 1.82) is 0 Å². The minimum Gasteiger partial charge on any atom is -0.373 e. The summed E-state index contributed by atoms with van der Waals surface area (Å²) in [6.07, 6.45) is 2.89. The van der Waals surface area contributed by atoms with E-state index < -0.39 is 0 Å². The standard InChI is InChI=1S/C16H25N3O2/c1-11(2)8-13-9-14(19-12(3)18-13)15(20)17-10-16(4)6-5-7-21-16/h9,11H,5-8,10H2,1-4H3,(H,17,20)/t16-/m0/s1. The molecule has 116 valence electrons. The molecule has 1 fully saturated rings. The lowest BCUT2D eigenvalue weighted by molar-refractivity contribution is 0.0205. The van der Waals surface area contributed by atoms with Crippen LogP contribution in [0.15, 0.2) is 6.07 Å². The Morgan fingerprint density at radius 3 is 2.86 bits per heavy atom. The fraction of sp³-hybridized carbons (Fsp3) is 0.688. The van der Waals surface area contributed by atoms with Gasteiger partial charge in [-0.1, -0.05) is 13.8 Å². The Balaban J connectivity index is 2.02. The van der Waals surface area contributed by atoms with E-state index in [1.165, 1.54) is 0 Å². The average molecular weight is 291 g/mol. The lowest BCUT2D eigenvalue weighted by Gasteiger charge is -2.23. The van der Waals surface area contributed by atoms with Crippen molar-refractivity contribution in [2.24, 2.45) is 5.92 Å². The highest BCUT2D eigenvalue weighted by molar-refractivity contribution is 5.92. The van der Waals surface area contributed by atoms with Crippen molar-refractivity contribution in [2.45, 2.75) is 52.6 Å². The van der Waals surface area contributed by atoms with Crippen LogP contribution in [0.25, 0.3) is 0 Å². The molecule has 0 spiro atoms. The first-order valence-corrected chi connectivity index (χ1v) is 7.65. The Hall–Kier alpha value is -1.49. The second-order valence-corrected chi connectivity index (χ2v) is 6.47. The molecule has 0 bridgehead atoms. The summed E-state index contributed by atoms with van der Waals surface area (Å²) in [6.45, 7) is 9.43. The van der Waals surface area contributed by atoms with E-state index in [4.69, 9.17) is 4.74 Å². The van der Waals surface area contributed by atoms with Crippen LogP contribution in [0.4, 0.5) is 0 Å². The summed E-state index contributed by atoms with van der Waals surface area (Å²) in [4.78, 5) is 20.9. The van der Waals surface area contributed by atoms with Crippen LogP contribution in [0.1, 0.15) is 55.6 Å². The Labute approximate surface area is 126 Å². The molecule has 0 aliphatic carbocycles. The summed E-state index contributed by atoms with van der Waals surface area (Å²) >= 11 is 0. The molecule has 0 radical (unpaired) electrons. The second kappa shape index (κ2) is 6.52. The van der Waals surface area contributed by atoms with E-state index in [9.17, 15) is 4.79 Å². The number of rotatable bonds is 5. The van der Waals surface area contributed by atoms with Crippen LogP contribution in [0.3, 0.4) is 0 Å². The van der Waals surface area contributed by atoms with Crippen LogP contribution in [-0.2, 0) is 11.2 Å². The molecular formula is C16H25N3O2. The molecule has 0 saturated carbocycles. The largest absolute Gasteiger partial charge is 0.373 e. The molecule has 5 heteroatoms. The molecule has 21 heavy (non-hydrogen) atoms. The van der Waals surface area contributed by atoms with Crippen molar-refractivity contribution in [3.05, 3.63) is 23.3 Å². The van der Waals surface area contributed by atoms with Gasteiger partial charge in [0.25, 0.3) is 5.91 Å². The van der Waals surface area contributed by atoms with E-state index in [-0.39, 0.29) is 11.5 Å². The first kappa shape index (κ1) is 15.9. The number of ether oxygens (including phenoxy) is 1.